The molecule has 3 aromatic carbocycles. The number of nitrogens with zero attached hydrogens (tertiary/aromatic N) is 3. The van der Waals surface area contributed by atoms with E-state index in [1.54, 1.807) is 24.3 Å². The monoisotopic (exact) mass is 647 g/mol. The second-order valence-electron chi connectivity index (χ2n) is 11.3. The Balaban J connectivity index is 1.55. The Morgan fingerprint density at radius 2 is 1.04 bits per heavy atom. The highest BCUT2D eigenvalue weighted by molar-refractivity contribution is 5.72. The summed E-state index contributed by atoms with van der Waals surface area (Å²) in [6.07, 6.45) is 2.25. The molecule has 0 spiro atoms. The van der Waals surface area contributed by atoms with E-state index in [9.17, 15) is 20.4 Å². The Morgan fingerprint density at radius 1 is 0.596 bits per heavy atom. The van der Waals surface area contributed by atoms with Crippen molar-refractivity contribution in [1.82, 2.24) is 15.0 Å². The molecule has 0 fully saturated rings. The van der Waals surface area contributed by atoms with E-state index in [2.05, 4.69) is 28.8 Å². The van der Waals surface area contributed by atoms with Gasteiger partial charge in [-0.05, 0) is 44.0 Å². The summed E-state index contributed by atoms with van der Waals surface area (Å²) in [5.41, 5.74) is 2.45. The van der Waals surface area contributed by atoms with Gasteiger partial charge in [-0.15, -0.1) is 0 Å². The third kappa shape index (κ3) is 10.9. The maximum absolute atomic E-state index is 11.0. The van der Waals surface area contributed by atoms with Gasteiger partial charge in [0, 0.05) is 30.9 Å². The maximum atomic E-state index is 11.0. The van der Waals surface area contributed by atoms with E-state index in [1.807, 2.05) is 31.2 Å². The smallest absolute Gasteiger partial charge is 0.167 e. The molecule has 0 saturated heterocycles. The Labute approximate surface area is 275 Å². The summed E-state index contributed by atoms with van der Waals surface area (Å²) < 4.78 is 22.2. The van der Waals surface area contributed by atoms with Gasteiger partial charge in [0.15, 0.2) is 17.5 Å². The molecular formula is C36H45N3O8. The number of phenols is 2. The van der Waals surface area contributed by atoms with E-state index in [0.29, 0.717) is 41.7 Å². The van der Waals surface area contributed by atoms with Crippen molar-refractivity contribution in [3.05, 3.63) is 66.2 Å². The molecule has 2 atom stereocenters. The van der Waals surface area contributed by atoms with Crippen molar-refractivity contribution in [2.45, 2.75) is 58.7 Å². The van der Waals surface area contributed by atoms with Crippen molar-refractivity contribution >= 4 is 0 Å². The highest BCUT2D eigenvalue weighted by atomic mass is 16.5. The first kappa shape index (κ1) is 35.6. The van der Waals surface area contributed by atoms with Gasteiger partial charge in [0.05, 0.1) is 24.3 Å². The molecule has 0 aliphatic rings. The van der Waals surface area contributed by atoms with Crippen LogP contribution in [0.4, 0.5) is 0 Å². The van der Waals surface area contributed by atoms with Gasteiger partial charge in [0.2, 0.25) is 0 Å². The first-order valence-electron chi connectivity index (χ1n) is 16.0. The number of aryl methyl sites for hydroxylation is 1. The number of ether oxygens (including phenoxy) is 4. The number of hydrogen-bond acceptors (Lipinski definition) is 11. The molecule has 2 unspecified atom stereocenters. The Hall–Kier alpha value is -4.29. The number of aromatic hydroxyl groups is 2. The van der Waals surface area contributed by atoms with Crippen LogP contribution < -0.4 is 9.47 Å². The summed E-state index contributed by atoms with van der Waals surface area (Å²) in [6.45, 7) is 7.61. The zero-order valence-electron chi connectivity index (χ0n) is 27.3. The molecule has 0 amide bonds. The lowest BCUT2D eigenvalue weighted by atomic mass is 10.1. The van der Waals surface area contributed by atoms with Gasteiger partial charge >= 0.3 is 0 Å². The lowest BCUT2D eigenvalue weighted by molar-refractivity contribution is 0.0113. The number of benzene rings is 3. The number of rotatable bonds is 19. The van der Waals surface area contributed by atoms with E-state index in [4.69, 9.17) is 18.9 Å². The second kappa shape index (κ2) is 18.2. The zero-order chi connectivity index (χ0) is 33.6. The maximum Gasteiger partial charge on any atom is 0.167 e. The van der Waals surface area contributed by atoms with Crippen LogP contribution in [-0.4, -0.2) is 87.2 Å². The summed E-state index contributed by atoms with van der Waals surface area (Å²) in [4.78, 5) is 13.9. The van der Waals surface area contributed by atoms with Crippen molar-refractivity contribution in [3.8, 4) is 57.2 Å². The minimum Gasteiger partial charge on any atom is -0.507 e. The van der Waals surface area contributed by atoms with E-state index in [0.717, 1.165) is 36.8 Å². The molecule has 0 bridgehead atoms. The number of unbranched alkanes of at least 4 members (excludes halogenated alkanes) is 2. The van der Waals surface area contributed by atoms with Crippen molar-refractivity contribution in [1.29, 1.82) is 0 Å². The van der Waals surface area contributed by atoms with Crippen LogP contribution in [-0.2, 0) is 9.47 Å². The lowest BCUT2D eigenvalue weighted by Crippen LogP contribution is -2.23. The van der Waals surface area contributed by atoms with Crippen LogP contribution in [0.5, 0.6) is 23.0 Å². The summed E-state index contributed by atoms with van der Waals surface area (Å²) in [6, 6.07) is 17.1. The minimum absolute atomic E-state index is 0.00305. The molecule has 0 radical (unpaired) electrons. The SMILES string of the molecule is CCCCOCC(O)COc1ccc(-c2nc(-c3ccc(C)cc3)nc(-c3ccc(OCC(O)COCCCC)cc3O)n2)c(O)c1. The van der Waals surface area contributed by atoms with E-state index < -0.39 is 12.2 Å². The number of phenolic OH excluding ortho intramolecular Hbond substituents is 2. The average Bonchev–Trinajstić information content (AvgIpc) is 3.07. The minimum atomic E-state index is -0.809. The second-order valence-corrected chi connectivity index (χ2v) is 11.3. The molecule has 11 nitrogen and oxygen atoms in total. The molecule has 4 N–H and O–H groups in total. The van der Waals surface area contributed by atoms with Crippen LogP contribution in [0.3, 0.4) is 0 Å². The highest BCUT2D eigenvalue weighted by Crippen LogP contribution is 2.35. The fraction of sp³-hybridized carbons (Fsp3) is 0.417. The van der Waals surface area contributed by atoms with E-state index in [-0.39, 0.29) is 49.6 Å². The predicted molar refractivity (Wildman–Crippen MR) is 179 cm³/mol. The van der Waals surface area contributed by atoms with Crippen LogP contribution in [0.15, 0.2) is 60.7 Å². The molecule has 47 heavy (non-hydrogen) atoms. The van der Waals surface area contributed by atoms with Crippen molar-refractivity contribution in [2.75, 3.05) is 39.6 Å². The fourth-order valence-electron chi connectivity index (χ4n) is 4.44. The van der Waals surface area contributed by atoms with Crippen LogP contribution >= 0.6 is 0 Å². The molecule has 4 aromatic rings. The number of aliphatic hydroxyl groups is 2. The highest BCUT2D eigenvalue weighted by Gasteiger charge is 2.18. The summed E-state index contributed by atoms with van der Waals surface area (Å²) in [7, 11) is 0. The van der Waals surface area contributed by atoms with Gasteiger partial charge in [-0.1, -0.05) is 56.5 Å². The topological polar surface area (TPSA) is 157 Å². The zero-order valence-corrected chi connectivity index (χ0v) is 27.3. The summed E-state index contributed by atoms with van der Waals surface area (Å²) in [5.74, 6) is 1.17. The Kier molecular flexibility index (Phi) is 13.7. The average molecular weight is 648 g/mol. The van der Waals surface area contributed by atoms with Crippen LogP contribution in [0.25, 0.3) is 34.2 Å². The molecular weight excluding hydrogens is 602 g/mol. The molecule has 0 saturated carbocycles. The Morgan fingerprint density at radius 3 is 1.47 bits per heavy atom. The van der Waals surface area contributed by atoms with Gasteiger partial charge in [-0.25, -0.2) is 15.0 Å². The molecule has 0 aliphatic heterocycles. The van der Waals surface area contributed by atoms with Crippen molar-refractivity contribution < 1.29 is 39.4 Å². The van der Waals surface area contributed by atoms with E-state index >= 15 is 0 Å². The standard InChI is InChI=1S/C36H45N3O8/c1-4-6-16-44-20-26(40)22-46-28-12-14-30(32(42)18-28)35-37-34(25-10-8-24(3)9-11-25)38-36(39-35)31-15-13-29(19-33(31)43)47-23-27(41)21-45-17-7-5-2/h8-15,18-19,26-27,40-43H,4-7,16-17,20-23H2,1-3H3. The molecule has 1 heterocycles. The molecule has 0 aliphatic carbocycles. The van der Waals surface area contributed by atoms with Gasteiger partial charge in [0.25, 0.3) is 0 Å². The largest absolute Gasteiger partial charge is 0.507 e. The molecule has 4 rings (SSSR count). The Bertz CT molecular complexity index is 1460. The van der Waals surface area contributed by atoms with Gasteiger partial charge in [-0.3, -0.25) is 0 Å². The normalized spacial score (nSPS) is 12.5. The van der Waals surface area contributed by atoms with Gasteiger partial charge < -0.3 is 39.4 Å². The molecule has 11 heteroatoms. The molecule has 1 aromatic heterocycles. The fourth-order valence-corrected chi connectivity index (χ4v) is 4.44. The first-order chi connectivity index (χ1) is 22.8. The predicted octanol–water partition coefficient (Wildman–Crippen LogP) is 5.71. The first-order valence-corrected chi connectivity index (χ1v) is 16.0. The quantitative estimate of drug-likeness (QED) is 0.0925. The van der Waals surface area contributed by atoms with Gasteiger partial charge in [0.1, 0.15) is 48.4 Å². The number of hydrogen-bond donors (Lipinski definition) is 4. The third-order valence-corrected chi connectivity index (χ3v) is 7.16. The van der Waals surface area contributed by atoms with Crippen molar-refractivity contribution in [3.63, 3.8) is 0 Å². The summed E-state index contributed by atoms with van der Waals surface area (Å²) in [5, 5.41) is 42.3. The lowest BCUT2D eigenvalue weighted by Gasteiger charge is -2.15. The van der Waals surface area contributed by atoms with Crippen LogP contribution in [0.2, 0.25) is 0 Å². The number of aliphatic hydroxyl groups excluding tert-OH is 2. The third-order valence-electron chi connectivity index (χ3n) is 7.16. The van der Waals surface area contributed by atoms with Crippen LogP contribution in [0, 0.1) is 6.92 Å². The van der Waals surface area contributed by atoms with Crippen molar-refractivity contribution in [2.24, 2.45) is 0 Å². The summed E-state index contributed by atoms with van der Waals surface area (Å²) >= 11 is 0. The van der Waals surface area contributed by atoms with Gasteiger partial charge in [-0.2, -0.15) is 0 Å². The number of aromatic nitrogens is 3. The van der Waals surface area contributed by atoms with E-state index in [1.165, 1.54) is 12.1 Å². The molecule has 252 valence electrons. The van der Waals surface area contributed by atoms with Crippen LogP contribution in [0.1, 0.15) is 45.1 Å².